The van der Waals surface area contributed by atoms with Gasteiger partial charge >= 0.3 is 0 Å². The summed E-state index contributed by atoms with van der Waals surface area (Å²) in [5.74, 6) is 1.44. The normalized spacial score (nSPS) is 11.3. The van der Waals surface area contributed by atoms with Crippen molar-refractivity contribution in [3.05, 3.63) is 48.5 Å². The van der Waals surface area contributed by atoms with Gasteiger partial charge in [0.25, 0.3) is 5.82 Å². The van der Waals surface area contributed by atoms with Gasteiger partial charge in [-0.2, -0.15) is 4.57 Å². The van der Waals surface area contributed by atoms with Gasteiger partial charge in [-0.25, -0.2) is 4.57 Å². The van der Waals surface area contributed by atoms with E-state index in [0.717, 1.165) is 6.54 Å². The molecule has 0 radical (unpaired) electrons. The van der Waals surface area contributed by atoms with Gasteiger partial charge in [0.05, 0.1) is 6.54 Å². The summed E-state index contributed by atoms with van der Waals surface area (Å²) in [6.45, 7) is 5.59. The molecule has 0 saturated heterocycles. The molecule has 0 bridgehead atoms. The molecule has 0 amide bonds. The standard InChI is InChI=1S/C29H49N2/c1-3-5-6-7-8-9-10-11-12-13-14-15-16-17-18-22-25-29-30(4-2)26-27-31(29)28-23-20-19-21-24-28/h19-21,23-24,26-27H,3-18,22,25H2,1-2H3/q+1. The summed E-state index contributed by atoms with van der Waals surface area (Å²) in [4.78, 5) is 0. The molecule has 0 aliphatic carbocycles. The van der Waals surface area contributed by atoms with Gasteiger partial charge in [-0.1, -0.05) is 121 Å². The molecular weight excluding hydrogens is 376 g/mol. The summed E-state index contributed by atoms with van der Waals surface area (Å²) in [6.07, 6.45) is 28.5. The van der Waals surface area contributed by atoms with Gasteiger partial charge in [0.2, 0.25) is 0 Å². The molecule has 0 spiro atoms. The molecule has 1 aromatic heterocycles. The largest absolute Gasteiger partial charge is 0.261 e. The molecule has 0 aliphatic heterocycles. The maximum absolute atomic E-state index is 2.40. The summed E-state index contributed by atoms with van der Waals surface area (Å²) in [6, 6.07) is 10.8. The fraction of sp³-hybridized carbons (Fsp3) is 0.690. The Hall–Kier alpha value is -1.57. The van der Waals surface area contributed by atoms with E-state index in [1.54, 1.807) is 0 Å². The molecule has 0 saturated carbocycles. The number of hydrogen-bond acceptors (Lipinski definition) is 0. The SMILES string of the molecule is CCCCCCCCCCCCCCCCCCc1n(-c2ccccc2)cc[n+]1CC. The number of rotatable bonds is 19. The van der Waals surface area contributed by atoms with E-state index in [-0.39, 0.29) is 0 Å². The van der Waals surface area contributed by atoms with Gasteiger partial charge in [0, 0.05) is 6.42 Å². The summed E-state index contributed by atoms with van der Waals surface area (Å²) in [5.41, 5.74) is 1.28. The Morgan fingerprint density at radius 1 is 0.613 bits per heavy atom. The number of nitrogens with zero attached hydrogens (tertiary/aromatic N) is 2. The molecule has 1 aromatic carbocycles. The molecule has 2 aromatic rings. The molecule has 174 valence electrons. The molecule has 0 unspecified atom stereocenters. The lowest BCUT2D eigenvalue weighted by molar-refractivity contribution is -0.700. The summed E-state index contributed by atoms with van der Waals surface area (Å²) >= 11 is 0. The molecule has 1 heterocycles. The third-order valence-corrected chi connectivity index (χ3v) is 6.63. The van der Waals surface area contributed by atoms with Crippen molar-refractivity contribution in [2.24, 2.45) is 0 Å². The molecular formula is C29H49N2+. The average Bonchev–Trinajstić information content (AvgIpc) is 3.22. The number of aryl methyl sites for hydroxylation is 1. The first-order valence-corrected chi connectivity index (χ1v) is 13.5. The van der Waals surface area contributed by atoms with Gasteiger partial charge < -0.3 is 0 Å². The zero-order valence-corrected chi connectivity index (χ0v) is 20.7. The highest BCUT2D eigenvalue weighted by molar-refractivity contribution is 5.31. The van der Waals surface area contributed by atoms with Crippen molar-refractivity contribution in [3.63, 3.8) is 0 Å². The van der Waals surface area contributed by atoms with Crippen molar-refractivity contribution >= 4 is 0 Å². The fourth-order valence-electron chi connectivity index (χ4n) is 4.66. The first-order valence-electron chi connectivity index (χ1n) is 13.5. The zero-order chi connectivity index (χ0) is 22.0. The second kappa shape index (κ2) is 17.0. The van der Waals surface area contributed by atoms with E-state index < -0.39 is 0 Å². The molecule has 0 N–H and O–H groups in total. The van der Waals surface area contributed by atoms with Crippen LogP contribution in [-0.2, 0) is 13.0 Å². The predicted molar refractivity (Wildman–Crippen MR) is 135 cm³/mol. The molecule has 31 heavy (non-hydrogen) atoms. The number of hydrogen-bond donors (Lipinski definition) is 0. The van der Waals surface area contributed by atoms with Crippen molar-refractivity contribution in [1.29, 1.82) is 0 Å². The third kappa shape index (κ3) is 10.5. The fourth-order valence-corrected chi connectivity index (χ4v) is 4.66. The van der Waals surface area contributed by atoms with Gasteiger partial charge in [-0.3, -0.25) is 0 Å². The van der Waals surface area contributed by atoms with Gasteiger partial charge in [0.15, 0.2) is 0 Å². The third-order valence-electron chi connectivity index (χ3n) is 6.63. The van der Waals surface area contributed by atoms with Crippen molar-refractivity contribution in [2.75, 3.05) is 0 Å². The minimum atomic E-state index is 1.05. The van der Waals surface area contributed by atoms with E-state index in [1.807, 2.05) is 0 Å². The highest BCUT2D eigenvalue weighted by Crippen LogP contribution is 2.15. The Bertz CT molecular complexity index is 659. The number of imidazole rings is 1. The van der Waals surface area contributed by atoms with Crippen LogP contribution in [0.25, 0.3) is 5.69 Å². The molecule has 0 fully saturated rings. The Kier molecular flexibility index (Phi) is 14.1. The van der Waals surface area contributed by atoms with Crippen LogP contribution in [0.1, 0.15) is 122 Å². The van der Waals surface area contributed by atoms with E-state index >= 15 is 0 Å². The average molecular weight is 426 g/mol. The lowest BCUT2D eigenvalue weighted by Gasteiger charge is -2.05. The number of unbranched alkanes of at least 4 members (excludes halogenated alkanes) is 15. The summed E-state index contributed by atoms with van der Waals surface area (Å²) in [5, 5.41) is 0. The minimum absolute atomic E-state index is 1.05. The number of para-hydroxylation sites is 1. The van der Waals surface area contributed by atoms with E-state index in [4.69, 9.17) is 0 Å². The highest BCUT2D eigenvalue weighted by atomic mass is 15.1. The van der Waals surface area contributed by atoms with E-state index in [2.05, 4.69) is 65.7 Å². The Morgan fingerprint density at radius 2 is 1.10 bits per heavy atom. The van der Waals surface area contributed by atoms with Gasteiger partial charge in [-0.15, -0.1) is 0 Å². The lowest BCUT2D eigenvalue weighted by Crippen LogP contribution is -2.35. The quantitative estimate of drug-likeness (QED) is 0.157. The van der Waals surface area contributed by atoms with Crippen LogP contribution in [0.4, 0.5) is 0 Å². The van der Waals surface area contributed by atoms with Crippen LogP contribution in [0.3, 0.4) is 0 Å². The van der Waals surface area contributed by atoms with Crippen LogP contribution in [0, 0.1) is 0 Å². The zero-order valence-electron chi connectivity index (χ0n) is 20.7. The number of benzene rings is 1. The van der Waals surface area contributed by atoms with Crippen LogP contribution in [0.15, 0.2) is 42.7 Å². The predicted octanol–water partition coefficient (Wildman–Crippen LogP) is 8.59. The van der Waals surface area contributed by atoms with E-state index in [9.17, 15) is 0 Å². The van der Waals surface area contributed by atoms with E-state index in [0.29, 0.717) is 0 Å². The Labute approximate surface area is 193 Å². The smallest absolute Gasteiger partial charge is 0.234 e. The first-order chi connectivity index (χ1) is 15.4. The lowest BCUT2D eigenvalue weighted by atomic mass is 10.0. The molecule has 2 heteroatoms. The van der Waals surface area contributed by atoms with Crippen LogP contribution in [0.2, 0.25) is 0 Å². The summed E-state index contributed by atoms with van der Waals surface area (Å²) < 4.78 is 4.77. The Balaban J connectivity index is 1.47. The van der Waals surface area contributed by atoms with Gasteiger partial charge in [0.1, 0.15) is 18.1 Å². The second-order valence-electron chi connectivity index (χ2n) is 9.26. The monoisotopic (exact) mass is 425 g/mol. The van der Waals surface area contributed by atoms with Crippen molar-refractivity contribution < 1.29 is 4.57 Å². The molecule has 0 aliphatic rings. The highest BCUT2D eigenvalue weighted by Gasteiger charge is 2.16. The molecule has 0 atom stereocenters. The summed E-state index contributed by atoms with van der Waals surface area (Å²) in [7, 11) is 0. The second-order valence-corrected chi connectivity index (χ2v) is 9.26. The maximum atomic E-state index is 2.40. The van der Waals surface area contributed by atoms with Crippen LogP contribution in [0.5, 0.6) is 0 Å². The first kappa shape index (κ1) is 25.7. The molecule has 2 rings (SSSR count). The topological polar surface area (TPSA) is 8.81 Å². The maximum Gasteiger partial charge on any atom is 0.261 e. The van der Waals surface area contributed by atoms with Crippen LogP contribution < -0.4 is 4.57 Å². The minimum Gasteiger partial charge on any atom is -0.234 e. The Morgan fingerprint density at radius 3 is 1.58 bits per heavy atom. The van der Waals surface area contributed by atoms with Crippen LogP contribution >= 0.6 is 0 Å². The van der Waals surface area contributed by atoms with Crippen LogP contribution in [-0.4, -0.2) is 4.57 Å². The number of aromatic nitrogens is 2. The van der Waals surface area contributed by atoms with Crippen molar-refractivity contribution in [2.45, 2.75) is 130 Å². The van der Waals surface area contributed by atoms with Crippen molar-refractivity contribution in [1.82, 2.24) is 4.57 Å². The van der Waals surface area contributed by atoms with Gasteiger partial charge in [-0.05, 0) is 25.5 Å². The van der Waals surface area contributed by atoms with E-state index in [1.165, 1.54) is 121 Å². The molecule has 2 nitrogen and oxygen atoms in total. The van der Waals surface area contributed by atoms with Crippen molar-refractivity contribution in [3.8, 4) is 5.69 Å².